The lowest BCUT2D eigenvalue weighted by molar-refractivity contribution is 0.401. The zero-order valence-electron chi connectivity index (χ0n) is 3.19. The molecular weight excluding hydrogens is 83.0 g/mol. The Labute approximate surface area is 33.9 Å². The van der Waals surface area contributed by atoms with E-state index in [4.69, 9.17) is 4.74 Å². The van der Waals surface area contributed by atoms with E-state index in [2.05, 4.69) is 9.24 Å². The second kappa shape index (κ2) is 0.717. The number of hydrogen-bond donors (Lipinski definition) is 0. The van der Waals surface area contributed by atoms with E-state index >= 15 is 0 Å². The topological polar surface area (TPSA) is 12.5 Å². The van der Waals surface area contributed by atoms with Crippen LogP contribution in [0.3, 0.4) is 0 Å². The summed E-state index contributed by atoms with van der Waals surface area (Å²) in [5, 5.41) is 0.167. The molecule has 0 N–H and O–H groups in total. The minimum Gasteiger partial charge on any atom is -0.366 e. The summed E-state index contributed by atoms with van der Waals surface area (Å²) in [5.41, 5.74) is 0. The first-order valence-electron chi connectivity index (χ1n) is 1.64. The van der Waals surface area contributed by atoms with E-state index in [1.165, 1.54) is 0 Å². The maximum absolute atomic E-state index is 4.86. The Morgan fingerprint density at radius 2 is 2.20 bits per heavy atom. The molecule has 0 saturated carbocycles. The van der Waals surface area contributed by atoms with Crippen molar-refractivity contribution >= 4 is 9.24 Å². The van der Waals surface area contributed by atoms with Crippen molar-refractivity contribution < 1.29 is 4.74 Å². The minimum absolute atomic E-state index is 0.167. The molecule has 0 amide bonds. The molecule has 1 saturated heterocycles. The summed E-state index contributed by atoms with van der Waals surface area (Å²) in [6, 6.07) is 0. The van der Waals surface area contributed by atoms with E-state index < -0.39 is 0 Å². The molecule has 0 spiro atoms. The highest BCUT2D eigenvalue weighted by Gasteiger charge is 2.32. The van der Waals surface area contributed by atoms with E-state index in [0.29, 0.717) is 0 Å². The van der Waals surface area contributed by atoms with Gasteiger partial charge in [-0.3, -0.25) is 0 Å². The third-order valence-corrected chi connectivity index (χ3v) is 0.933. The molecule has 1 rings (SSSR count). The molecule has 1 aliphatic heterocycles. The fourth-order valence-electron chi connectivity index (χ4n) is 0.114. The Hall–Kier alpha value is 0.390. The minimum atomic E-state index is 0.167. The van der Waals surface area contributed by atoms with Gasteiger partial charge in [0.2, 0.25) is 0 Å². The second-order valence-electron chi connectivity index (χ2n) is 1.60. The summed E-state index contributed by atoms with van der Waals surface area (Å²) >= 11 is 0. The molecule has 0 bridgehead atoms. The lowest BCUT2D eigenvalue weighted by Gasteiger charge is -1.81. The smallest absolute Gasteiger partial charge is 0.102 e. The Balaban J connectivity index is 2.38. The average molecular weight is 90.1 g/mol. The molecule has 1 aliphatic rings. The Morgan fingerprint density at radius 3 is 2.20 bits per heavy atom. The van der Waals surface area contributed by atoms with Crippen LogP contribution < -0.4 is 0 Å². The first-order valence-corrected chi connectivity index (χ1v) is 2.21. The molecular formula is C3H7OP. The van der Waals surface area contributed by atoms with Crippen LogP contribution in [0.2, 0.25) is 0 Å². The maximum Gasteiger partial charge on any atom is 0.102 e. The number of epoxide rings is 1. The highest BCUT2D eigenvalue weighted by atomic mass is 31.0. The second-order valence-corrected chi connectivity index (χ2v) is 2.82. The zero-order valence-corrected chi connectivity index (χ0v) is 4.35. The van der Waals surface area contributed by atoms with Gasteiger partial charge in [0.05, 0.1) is 6.61 Å². The van der Waals surface area contributed by atoms with Crippen molar-refractivity contribution in [3.63, 3.8) is 0 Å². The van der Waals surface area contributed by atoms with Gasteiger partial charge in [0.25, 0.3) is 0 Å². The van der Waals surface area contributed by atoms with Crippen LogP contribution in [-0.4, -0.2) is 11.9 Å². The van der Waals surface area contributed by atoms with Gasteiger partial charge < -0.3 is 4.74 Å². The SMILES string of the molecule is CC1(P)CO1. The van der Waals surface area contributed by atoms with Crippen molar-refractivity contribution in [2.75, 3.05) is 6.61 Å². The molecule has 2 atom stereocenters. The highest BCUT2D eigenvalue weighted by molar-refractivity contribution is 7.19. The number of rotatable bonds is 0. The van der Waals surface area contributed by atoms with Gasteiger partial charge in [0.1, 0.15) is 5.34 Å². The van der Waals surface area contributed by atoms with Crippen molar-refractivity contribution in [3.05, 3.63) is 0 Å². The fourth-order valence-corrected chi connectivity index (χ4v) is 0.197. The van der Waals surface area contributed by atoms with E-state index in [-0.39, 0.29) is 5.34 Å². The fraction of sp³-hybridized carbons (Fsp3) is 1.00. The maximum atomic E-state index is 4.86. The van der Waals surface area contributed by atoms with Crippen LogP contribution in [0.1, 0.15) is 6.92 Å². The van der Waals surface area contributed by atoms with Crippen LogP contribution >= 0.6 is 9.24 Å². The molecule has 0 radical (unpaired) electrons. The Bertz CT molecular complexity index is 44.9. The first-order chi connectivity index (χ1) is 2.21. The molecule has 0 aliphatic carbocycles. The third kappa shape index (κ3) is 0.863. The van der Waals surface area contributed by atoms with Crippen LogP contribution in [-0.2, 0) is 4.74 Å². The van der Waals surface area contributed by atoms with E-state index in [1.54, 1.807) is 0 Å². The predicted molar refractivity (Wildman–Crippen MR) is 24.1 cm³/mol. The van der Waals surface area contributed by atoms with Gasteiger partial charge in [0.15, 0.2) is 0 Å². The van der Waals surface area contributed by atoms with Crippen LogP contribution in [0.5, 0.6) is 0 Å². The zero-order chi connectivity index (χ0) is 3.91. The lowest BCUT2D eigenvalue weighted by atomic mass is 10.6. The number of hydrogen-bond acceptors (Lipinski definition) is 1. The van der Waals surface area contributed by atoms with Crippen molar-refractivity contribution in [1.29, 1.82) is 0 Å². The van der Waals surface area contributed by atoms with Gasteiger partial charge >= 0.3 is 0 Å². The van der Waals surface area contributed by atoms with Crippen LogP contribution in [0, 0.1) is 0 Å². The molecule has 1 nitrogen and oxygen atoms in total. The monoisotopic (exact) mass is 90.0 g/mol. The van der Waals surface area contributed by atoms with Gasteiger partial charge in [-0.25, -0.2) is 0 Å². The van der Waals surface area contributed by atoms with Crippen molar-refractivity contribution in [1.82, 2.24) is 0 Å². The predicted octanol–water partition coefficient (Wildman–Crippen LogP) is 0.608. The molecule has 30 valence electrons. The van der Waals surface area contributed by atoms with E-state index in [1.807, 2.05) is 6.92 Å². The summed E-state index contributed by atoms with van der Waals surface area (Å²) < 4.78 is 4.86. The summed E-state index contributed by atoms with van der Waals surface area (Å²) in [5.74, 6) is 0. The summed E-state index contributed by atoms with van der Waals surface area (Å²) in [6.45, 7) is 2.95. The molecule has 0 aromatic rings. The van der Waals surface area contributed by atoms with Gasteiger partial charge in [0, 0.05) is 0 Å². The normalized spacial score (nSPS) is 49.2. The van der Waals surface area contributed by atoms with Crippen molar-refractivity contribution in [2.24, 2.45) is 0 Å². The van der Waals surface area contributed by atoms with Gasteiger partial charge in [-0.1, -0.05) is 0 Å². The van der Waals surface area contributed by atoms with E-state index in [9.17, 15) is 0 Å². The molecule has 0 aromatic carbocycles. The van der Waals surface area contributed by atoms with Gasteiger partial charge in [-0.05, 0) is 6.92 Å². The van der Waals surface area contributed by atoms with Crippen molar-refractivity contribution in [3.8, 4) is 0 Å². The van der Waals surface area contributed by atoms with Crippen molar-refractivity contribution in [2.45, 2.75) is 12.3 Å². The van der Waals surface area contributed by atoms with Gasteiger partial charge in [-0.15, -0.1) is 9.24 Å². The standard InChI is InChI=1S/C3H7OP/c1-3(5)2-4-3/h2,5H2,1H3. The molecule has 2 unspecified atom stereocenters. The quantitative estimate of drug-likeness (QED) is 0.313. The van der Waals surface area contributed by atoms with Gasteiger partial charge in [-0.2, -0.15) is 0 Å². The lowest BCUT2D eigenvalue weighted by Crippen LogP contribution is -1.83. The Morgan fingerprint density at radius 1 is 2.00 bits per heavy atom. The summed E-state index contributed by atoms with van der Waals surface area (Å²) in [7, 11) is 2.60. The largest absolute Gasteiger partial charge is 0.366 e. The molecule has 0 aromatic heterocycles. The average Bonchev–Trinajstić information content (AvgIpc) is 1.76. The molecule has 5 heavy (non-hydrogen) atoms. The first kappa shape index (κ1) is 3.58. The van der Waals surface area contributed by atoms with Crippen LogP contribution in [0.15, 0.2) is 0 Å². The highest BCUT2D eigenvalue weighted by Crippen LogP contribution is 2.32. The number of ether oxygens (including phenoxy) is 1. The van der Waals surface area contributed by atoms with E-state index in [0.717, 1.165) is 6.61 Å². The molecule has 1 heterocycles. The van der Waals surface area contributed by atoms with Crippen LogP contribution in [0.25, 0.3) is 0 Å². The van der Waals surface area contributed by atoms with Crippen LogP contribution in [0.4, 0.5) is 0 Å². The molecule has 1 fully saturated rings. The summed E-state index contributed by atoms with van der Waals surface area (Å²) in [6.07, 6.45) is 0. The third-order valence-electron chi connectivity index (χ3n) is 0.600. The Kier molecular flexibility index (Phi) is 0.513. The molecule has 2 heteroatoms. The summed E-state index contributed by atoms with van der Waals surface area (Å²) in [4.78, 5) is 0.